The van der Waals surface area contributed by atoms with E-state index in [1.165, 1.54) is 61.6 Å². The third-order valence-corrected chi connectivity index (χ3v) is 15.9. The molecule has 0 bridgehead atoms. The summed E-state index contributed by atoms with van der Waals surface area (Å²) in [6.07, 6.45) is 5.67. The first-order valence-electron chi connectivity index (χ1n) is 26.4. The molecule has 1 aliphatic carbocycles. The van der Waals surface area contributed by atoms with Crippen LogP contribution in [0.3, 0.4) is 0 Å². The fourth-order valence-electron chi connectivity index (χ4n) is 11.4. The molecule has 0 radical (unpaired) electrons. The van der Waals surface area contributed by atoms with E-state index in [1.54, 1.807) is 0 Å². The number of hydrogen-bond acceptors (Lipinski definition) is 3. The molecule has 6 aromatic carbocycles. The van der Waals surface area contributed by atoms with E-state index in [9.17, 15) is 0 Å². The molecule has 0 amide bonds. The summed E-state index contributed by atoms with van der Waals surface area (Å²) in [4.78, 5) is 7.72. The Kier molecular flexibility index (Phi) is 14.7. The van der Waals surface area contributed by atoms with E-state index < -0.39 is 0 Å². The molecule has 0 heterocycles. The van der Waals surface area contributed by atoms with Crippen LogP contribution < -0.4 is 14.7 Å². The van der Waals surface area contributed by atoms with Crippen molar-refractivity contribution in [2.24, 2.45) is 10.8 Å². The average Bonchev–Trinajstić information content (AvgIpc) is 3.45. The maximum Gasteiger partial charge on any atom is 0.0532 e. The Bertz CT molecular complexity index is 2830. The van der Waals surface area contributed by atoms with Crippen LogP contribution in [0.1, 0.15) is 163 Å². The van der Waals surface area contributed by atoms with Gasteiger partial charge >= 0.3 is 0 Å². The summed E-state index contributed by atoms with van der Waals surface area (Å²) in [7, 11) is 0. The maximum absolute atomic E-state index is 2.73. The van der Waals surface area contributed by atoms with Crippen molar-refractivity contribution in [1.82, 2.24) is 0 Å². The van der Waals surface area contributed by atoms with E-state index in [2.05, 4.69) is 292 Å². The molecule has 0 aliphatic heterocycles. The molecular weight excluding hydrogens is 859 g/mol. The summed E-state index contributed by atoms with van der Waals surface area (Å²) in [5.41, 5.74) is 19.8. The van der Waals surface area contributed by atoms with Crippen molar-refractivity contribution < 1.29 is 0 Å². The molecule has 7 rings (SSSR count). The van der Waals surface area contributed by atoms with Gasteiger partial charge in [0.15, 0.2) is 0 Å². The second kappa shape index (κ2) is 19.7. The zero-order chi connectivity index (χ0) is 52.1. The lowest BCUT2D eigenvalue weighted by Crippen LogP contribution is -2.44. The Morgan fingerprint density at radius 2 is 0.986 bits per heavy atom. The minimum Gasteiger partial charge on any atom is -0.339 e. The van der Waals surface area contributed by atoms with Gasteiger partial charge in [-0.05, 0) is 189 Å². The SMILES string of the molecule is CC1=C(/C=C(\C)N(c2cc(N(c3ccccc3)c3ccccc3)cc(N(c3ccc(C(C)(C)C)cc3)c3ccc(C(C)(C)C)cc3C)c2C)C(C)(C)CCC(C)(C)c2ccc(C)cc2)C(C)(C)CC1(C)C. The van der Waals surface area contributed by atoms with Gasteiger partial charge in [-0.15, -0.1) is 0 Å². The van der Waals surface area contributed by atoms with Gasteiger partial charge < -0.3 is 14.7 Å². The number of rotatable bonds is 14. The molecule has 0 saturated carbocycles. The first-order chi connectivity index (χ1) is 33.0. The number of para-hydroxylation sites is 2. The van der Waals surface area contributed by atoms with Crippen LogP contribution in [0.5, 0.6) is 0 Å². The van der Waals surface area contributed by atoms with Gasteiger partial charge in [-0.1, -0.05) is 179 Å². The van der Waals surface area contributed by atoms with E-state index in [1.807, 2.05) is 0 Å². The van der Waals surface area contributed by atoms with Gasteiger partial charge in [0.25, 0.3) is 0 Å². The highest BCUT2D eigenvalue weighted by Crippen LogP contribution is 2.54. The highest BCUT2D eigenvalue weighted by molar-refractivity contribution is 5.90. The van der Waals surface area contributed by atoms with Crippen molar-refractivity contribution in [2.45, 2.75) is 173 Å². The highest BCUT2D eigenvalue weighted by atomic mass is 15.2. The van der Waals surface area contributed by atoms with Crippen LogP contribution in [0, 0.1) is 31.6 Å². The average molecular weight is 946 g/mol. The minimum absolute atomic E-state index is 0.0121. The molecule has 0 spiro atoms. The molecule has 3 nitrogen and oxygen atoms in total. The quantitative estimate of drug-likeness (QED) is 0.108. The summed E-state index contributed by atoms with van der Waals surface area (Å²) >= 11 is 0. The predicted octanol–water partition coefficient (Wildman–Crippen LogP) is 20.2. The van der Waals surface area contributed by atoms with Crippen molar-refractivity contribution in [3.05, 3.63) is 196 Å². The van der Waals surface area contributed by atoms with E-state index in [0.29, 0.717) is 0 Å². The van der Waals surface area contributed by atoms with Crippen LogP contribution in [-0.2, 0) is 16.2 Å². The number of nitrogens with zero attached hydrogens (tertiary/aromatic N) is 3. The molecule has 0 fully saturated rings. The molecule has 71 heavy (non-hydrogen) atoms. The summed E-state index contributed by atoms with van der Waals surface area (Å²) in [5.74, 6) is 0. The highest BCUT2D eigenvalue weighted by Gasteiger charge is 2.42. The third kappa shape index (κ3) is 11.3. The zero-order valence-corrected chi connectivity index (χ0v) is 47.3. The first kappa shape index (κ1) is 53.0. The lowest BCUT2D eigenvalue weighted by molar-refractivity contribution is 0.319. The van der Waals surface area contributed by atoms with Crippen molar-refractivity contribution in [2.75, 3.05) is 14.7 Å². The Balaban J connectivity index is 1.58. The summed E-state index contributed by atoms with van der Waals surface area (Å²) < 4.78 is 0. The van der Waals surface area contributed by atoms with Gasteiger partial charge in [0.1, 0.15) is 0 Å². The number of anilines is 7. The summed E-state index contributed by atoms with van der Waals surface area (Å²) in [6.45, 7) is 45.0. The van der Waals surface area contributed by atoms with E-state index >= 15 is 0 Å². The summed E-state index contributed by atoms with van der Waals surface area (Å²) in [5, 5.41) is 0. The predicted molar refractivity (Wildman–Crippen MR) is 311 cm³/mol. The lowest BCUT2D eigenvalue weighted by Gasteiger charge is -2.45. The molecule has 374 valence electrons. The number of benzene rings is 6. The Morgan fingerprint density at radius 3 is 1.48 bits per heavy atom. The zero-order valence-electron chi connectivity index (χ0n) is 47.3. The molecule has 0 aromatic heterocycles. The van der Waals surface area contributed by atoms with Gasteiger partial charge in [0.05, 0.1) is 11.4 Å². The van der Waals surface area contributed by atoms with Crippen LogP contribution in [-0.4, -0.2) is 5.54 Å². The Morgan fingerprint density at radius 1 is 0.493 bits per heavy atom. The monoisotopic (exact) mass is 946 g/mol. The molecule has 0 atom stereocenters. The second-order valence-corrected chi connectivity index (χ2v) is 25.7. The normalized spacial score (nSPS) is 15.3. The Labute approximate surface area is 431 Å². The smallest absolute Gasteiger partial charge is 0.0532 e. The van der Waals surface area contributed by atoms with Gasteiger partial charge in [-0.3, -0.25) is 0 Å². The van der Waals surface area contributed by atoms with Gasteiger partial charge in [0.2, 0.25) is 0 Å². The number of aryl methyl sites for hydroxylation is 2. The molecule has 0 N–H and O–H groups in total. The largest absolute Gasteiger partial charge is 0.339 e. The standard InChI is InChI=1S/C68H87N3/c1-47-30-32-53(33-31-47)65(12,13)40-41-68(18,19)71(49(3)43-59-51(5)66(14,15)46-67(59,16)17)62-45-58(69(55-26-22-20-23-27-55)56-28-24-21-25-29-56)44-61(50(62)4)70(57-37-34-52(35-38-57)63(6,7)8)60-39-36-54(42-48(60)2)64(9,10)11/h20-39,42-45H,40-41,46H2,1-19H3/b49-43+. The fraction of sp³-hybridized carbons (Fsp3) is 0.412. The van der Waals surface area contributed by atoms with Gasteiger partial charge in [0, 0.05) is 39.7 Å². The Hall–Kier alpha value is -5.80. The number of allylic oxidation sites excluding steroid dienone is 4. The van der Waals surface area contributed by atoms with Crippen LogP contribution in [0.2, 0.25) is 0 Å². The van der Waals surface area contributed by atoms with Gasteiger partial charge in [-0.25, -0.2) is 0 Å². The van der Waals surface area contributed by atoms with E-state index in [0.717, 1.165) is 47.7 Å². The molecule has 0 saturated heterocycles. The van der Waals surface area contributed by atoms with E-state index in [4.69, 9.17) is 0 Å². The van der Waals surface area contributed by atoms with Crippen molar-refractivity contribution in [3.63, 3.8) is 0 Å². The molecule has 6 aromatic rings. The summed E-state index contributed by atoms with van der Waals surface area (Å²) in [6, 6.07) is 52.4. The molecule has 1 aliphatic rings. The molecule has 0 unspecified atom stereocenters. The van der Waals surface area contributed by atoms with Gasteiger partial charge in [-0.2, -0.15) is 0 Å². The van der Waals surface area contributed by atoms with Crippen molar-refractivity contribution in [3.8, 4) is 0 Å². The van der Waals surface area contributed by atoms with E-state index in [-0.39, 0.29) is 32.6 Å². The van der Waals surface area contributed by atoms with Crippen molar-refractivity contribution in [1.29, 1.82) is 0 Å². The van der Waals surface area contributed by atoms with Crippen LogP contribution in [0.4, 0.5) is 39.8 Å². The third-order valence-electron chi connectivity index (χ3n) is 15.9. The molecular formula is C68H87N3. The molecule has 3 heteroatoms. The second-order valence-electron chi connectivity index (χ2n) is 25.7. The maximum atomic E-state index is 2.73. The van der Waals surface area contributed by atoms with Crippen molar-refractivity contribution >= 4 is 39.8 Å². The van der Waals surface area contributed by atoms with Crippen LogP contribution in [0.25, 0.3) is 0 Å². The topological polar surface area (TPSA) is 9.72 Å². The minimum atomic E-state index is -0.316. The fourth-order valence-corrected chi connectivity index (χ4v) is 11.4. The number of hydrogen-bond donors (Lipinski definition) is 0. The first-order valence-corrected chi connectivity index (χ1v) is 26.4. The van der Waals surface area contributed by atoms with Crippen LogP contribution >= 0.6 is 0 Å². The lowest BCUT2D eigenvalue weighted by atomic mass is 9.77. The van der Waals surface area contributed by atoms with Crippen LogP contribution in [0.15, 0.2) is 162 Å².